The molecule has 0 aliphatic carbocycles. The van der Waals surface area contributed by atoms with Crippen molar-refractivity contribution in [1.82, 2.24) is 10.2 Å². The lowest BCUT2D eigenvalue weighted by Crippen LogP contribution is -2.43. The van der Waals surface area contributed by atoms with Crippen LogP contribution in [0, 0.1) is 19.8 Å². The quantitative estimate of drug-likeness (QED) is 0.587. The minimum atomic E-state index is -0.671. The summed E-state index contributed by atoms with van der Waals surface area (Å²) < 4.78 is 5.18. The monoisotopic (exact) mass is 409 g/mol. The molecule has 3 amide bonds. The molecule has 1 aromatic carbocycles. The van der Waals surface area contributed by atoms with Crippen LogP contribution in [0.1, 0.15) is 29.7 Å². The van der Waals surface area contributed by atoms with Gasteiger partial charge < -0.3 is 20.0 Å². The fourth-order valence-electron chi connectivity index (χ4n) is 3.55. The van der Waals surface area contributed by atoms with Gasteiger partial charge in [0.05, 0.1) is 6.26 Å². The number of piperidine rings is 1. The van der Waals surface area contributed by atoms with Gasteiger partial charge in [0, 0.05) is 31.4 Å². The van der Waals surface area contributed by atoms with Crippen molar-refractivity contribution in [2.75, 3.05) is 25.0 Å². The van der Waals surface area contributed by atoms with Crippen molar-refractivity contribution >= 4 is 29.5 Å². The van der Waals surface area contributed by atoms with E-state index < -0.39 is 11.8 Å². The van der Waals surface area contributed by atoms with Gasteiger partial charge in [0.15, 0.2) is 0 Å². The Kier molecular flexibility index (Phi) is 7.06. The summed E-state index contributed by atoms with van der Waals surface area (Å²) in [6, 6.07) is 9.21. The molecule has 1 fully saturated rings. The van der Waals surface area contributed by atoms with Gasteiger partial charge in [0.25, 0.3) is 0 Å². The van der Waals surface area contributed by atoms with Crippen LogP contribution in [0.15, 0.2) is 47.1 Å². The number of amides is 3. The van der Waals surface area contributed by atoms with E-state index in [4.69, 9.17) is 4.42 Å². The van der Waals surface area contributed by atoms with Gasteiger partial charge >= 0.3 is 11.8 Å². The van der Waals surface area contributed by atoms with Gasteiger partial charge in [-0.3, -0.25) is 14.4 Å². The first-order chi connectivity index (χ1) is 14.4. The van der Waals surface area contributed by atoms with Gasteiger partial charge in [-0.1, -0.05) is 6.07 Å². The summed E-state index contributed by atoms with van der Waals surface area (Å²) >= 11 is 0. The van der Waals surface area contributed by atoms with Crippen LogP contribution < -0.4 is 10.6 Å². The molecule has 1 aliphatic heterocycles. The Morgan fingerprint density at radius 1 is 1.10 bits per heavy atom. The standard InChI is InChI=1S/C23H27N3O4/c1-16-12-17(2)14-19(13-16)25-23(29)22(28)24-15-18-7-9-26(10-8-18)21(27)6-5-20-4-3-11-30-20/h3-6,11-14,18H,7-10,15H2,1-2H3,(H,24,28)(H,25,29)/b6-5+. The van der Waals surface area contributed by atoms with Crippen LogP contribution in [0.3, 0.4) is 0 Å². The Morgan fingerprint density at radius 3 is 2.43 bits per heavy atom. The van der Waals surface area contributed by atoms with Crippen molar-refractivity contribution in [3.8, 4) is 0 Å². The lowest BCUT2D eigenvalue weighted by atomic mass is 9.96. The van der Waals surface area contributed by atoms with Crippen LogP contribution in [0.2, 0.25) is 0 Å². The average molecular weight is 409 g/mol. The van der Waals surface area contributed by atoms with E-state index in [1.807, 2.05) is 32.0 Å². The van der Waals surface area contributed by atoms with E-state index in [1.165, 1.54) is 6.08 Å². The van der Waals surface area contributed by atoms with Crippen LogP contribution in [0.5, 0.6) is 0 Å². The van der Waals surface area contributed by atoms with Crippen molar-refractivity contribution in [3.05, 3.63) is 59.6 Å². The molecule has 7 nitrogen and oxygen atoms in total. The molecule has 2 heterocycles. The zero-order valence-electron chi connectivity index (χ0n) is 17.3. The third-order valence-corrected chi connectivity index (χ3v) is 5.10. The first-order valence-corrected chi connectivity index (χ1v) is 10.1. The first kappa shape index (κ1) is 21.4. The second kappa shape index (κ2) is 9.91. The highest BCUT2D eigenvalue weighted by atomic mass is 16.3. The van der Waals surface area contributed by atoms with E-state index in [9.17, 15) is 14.4 Å². The predicted octanol–water partition coefficient (Wildman–Crippen LogP) is 2.90. The van der Waals surface area contributed by atoms with Crippen LogP contribution in [-0.4, -0.2) is 42.3 Å². The summed E-state index contributed by atoms with van der Waals surface area (Å²) in [6.07, 6.45) is 6.28. The Balaban J connectivity index is 1.40. The highest BCUT2D eigenvalue weighted by molar-refractivity contribution is 6.39. The zero-order valence-corrected chi connectivity index (χ0v) is 17.3. The number of carbonyl (C=O) groups excluding carboxylic acids is 3. The maximum atomic E-state index is 12.3. The molecule has 0 atom stereocenters. The lowest BCUT2D eigenvalue weighted by molar-refractivity contribution is -0.136. The predicted molar refractivity (Wildman–Crippen MR) is 115 cm³/mol. The second-order valence-electron chi connectivity index (χ2n) is 7.66. The lowest BCUT2D eigenvalue weighted by Gasteiger charge is -2.31. The van der Waals surface area contributed by atoms with Crippen molar-refractivity contribution in [2.45, 2.75) is 26.7 Å². The maximum Gasteiger partial charge on any atom is 0.313 e. The van der Waals surface area contributed by atoms with Crippen LogP contribution in [0.4, 0.5) is 5.69 Å². The first-order valence-electron chi connectivity index (χ1n) is 10.1. The molecule has 30 heavy (non-hydrogen) atoms. The Hall–Kier alpha value is -3.35. The van der Waals surface area contributed by atoms with Crippen LogP contribution >= 0.6 is 0 Å². The van der Waals surface area contributed by atoms with Gasteiger partial charge in [-0.15, -0.1) is 0 Å². The second-order valence-corrected chi connectivity index (χ2v) is 7.66. The molecule has 0 radical (unpaired) electrons. The number of hydrogen-bond donors (Lipinski definition) is 2. The fourth-order valence-corrected chi connectivity index (χ4v) is 3.55. The molecule has 1 aromatic heterocycles. The maximum absolute atomic E-state index is 12.3. The van der Waals surface area contributed by atoms with Crippen LogP contribution in [-0.2, 0) is 14.4 Å². The average Bonchev–Trinajstić information content (AvgIpc) is 3.23. The number of anilines is 1. The number of likely N-dealkylation sites (tertiary alicyclic amines) is 1. The third kappa shape index (κ3) is 6.07. The highest BCUT2D eigenvalue weighted by Crippen LogP contribution is 2.17. The summed E-state index contributed by atoms with van der Waals surface area (Å²) in [5, 5.41) is 5.35. The SMILES string of the molecule is Cc1cc(C)cc(NC(=O)C(=O)NCC2CCN(C(=O)/C=C/c3ccco3)CC2)c1. The number of nitrogens with one attached hydrogen (secondary N) is 2. The van der Waals surface area contributed by atoms with Crippen molar-refractivity contribution in [3.63, 3.8) is 0 Å². The van der Waals surface area contributed by atoms with Gasteiger partial charge in [-0.25, -0.2) is 0 Å². The normalized spacial score (nSPS) is 14.7. The summed E-state index contributed by atoms with van der Waals surface area (Å²) in [5.41, 5.74) is 2.65. The van der Waals surface area contributed by atoms with Crippen molar-refractivity contribution in [2.24, 2.45) is 5.92 Å². The topological polar surface area (TPSA) is 91.7 Å². The smallest absolute Gasteiger partial charge is 0.313 e. The van der Waals surface area contributed by atoms with E-state index in [-0.39, 0.29) is 11.8 Å². The third-order valence-electron chi connectivity index (χ3n) is 5.10. The number of rotatable bonds is 5. The molecule has 1 saturated heterocycles. The molecular formula is C23H27N3O4. The van der Waals surface area contributed by atoms with Gasteiger partial charge in [-0.2, -0.15) is 0 Å². The number of benzene rings is 1. The van der Waals surface area contributed by atoms with E-state index in [0.717, 1.165) is 24.0 Å². The van der Waals surface area contributed by atoms with E-state index >= 15 is 0 Å². The van der Waals surface area contributed by atoms with E-state index in [1.54, 1.807) is 29.4 Å². The summed E-state index contributed by atoms with van der Waals surface area (Å²) in [7, 11) is 0. The number of hydrogen-bond acceptors (Lipinski definition) is 4. The fraction of sp³-hybridized carbons (Fsp3) is 0.348. The summed E-state index contributed by atoms with van der Waals surface area (Å²) in [5.74, 6) is -0.493. The van der Waals surface area contributed by atoms with Gasteiger partial charge in [0.2, 0.25) is 5.91 Å². The number of nitrogens with zero attached hydrogens (tertiary/aromatic N) is 1. The molecule has 7 heteroatoms. The molecule has 0 spiro atoms. The number of carbonyl (C=O) groups is 3. The summed E-state index contributed by atoms with van der Waals surface area (Å²) in [4.78, 5) is 38.3. The molecule has 0 unspecified atom stereocenters. The molecule has 1 aliphatic rings. The Labute approximate surface area is 176 Å². The van der Waals surface area contributed by atoms with E-state index in [2.05, 4.69) is 10.6 Å². The molecule has 2 aromatic rings. The summed E-state index contributed by atoms with van der Waals surface area (Å²) in [6.45, 7) is 5.54. The molecule has 0 saturated carbocycles. The molecule has 3 rings (SSSR count). The van der Waals surface area contributed by atoms with E-state index in [0.29, 0.717) is 31.1 Å². The molecule has 0 bridgehead atoms. The molecular weight excluding hydrogens is 382 g/mol. The minimum absolute atomic E-state index is 0.0540. The van der Waals surface area contributed by atoms with Gasteiger partial charge in [-0.05, 0) is 74.1 Å². The minimum Gasteiger partial charge on any atom is -0.465 e. The molecule has 158 valence electrons. The van der Waals surface area contributed by atoms with Crippen molar-refractivity contribution < 1.29 is 18.8 Å². The molecule has 2 N–H and O–H groups in total. The zero-order chi connectivity index (χ0) is 21.5. The number of aryl methyl sites for hydroxylation is 2. The van der Waals surface area contributed by atoms with Crippen molar-refractivity contribution in [1.29, 1.82) is 0 Å². The number of furan rings is 1. The van der Waals surface area contributed by atoms with Gasteiger partial charge in [0.1, 0.15) is 5.76 Å². The highest BCUT2D eigenvalue weighted by Gasteiger charge is 2.23. The Morgan fingerprint density at radius 2 is 1.80 bits per heavy atom. The van der Waals surface area contributed by atoms with Crippen LogP contribution in [0.25, 0.3) is 6.08 Å². The largest absolute Gasteiger partial charge is 0.465 e. The Bertz CT molecular complexity index is 906.